The van der Waals surface area contributed by atoms with Crippen LogP contribution < -0.4 is 21.7 Å². The van der Waals surface area contributed by atoms with E-state index in [4.69, 9.17) is 11.1 Å². The molecule has 162 valence electrons. The summed E-state index contributed by atoms with van der Waals surface area (Å²) in [6.45, 7) is 3.32. The molecule has 0 fully saturated rings. The van der Waals surface area contributed by atoms with Crippen molar-refractivity contribution in [2.75, 3.05) is 0 Å². The van der Waals surface area contributed by atoms with Crippen molar-refractivity contribution in [3.05, 3.63) is 35.4 Å². The normalized spacial score (nSPS) is 12.2. The fraction of sp³-hybridized carbons (Fsp3) is 0.400. The fourth-order valence-electron chi connectivity index (χ4n) is 2.57. The van der Waals surface area contributed by atoms with Crippen molar-refractivity contribution in [1.82, 2.24) is 16.0 Å². The Bertz CT molecular complexity index is 790. The zero-order valence-electron chi connectivity index (χ0n) is 17.0. The lowest BCUT2D eigenvalue weighted by atomic mass is 10.1. The van der Waals surface area contributed by atoms with Crippen molar-refractivity contribution in [3.63, 3.8) is 0 Å². The van der Waals surface area contributed by atoms with E-state index in [2.05, 4.69) is 16.0 Å². The Balaban J connectivity index is 2.86. The van der Waals surface area contributed by atoms with Gasteiger partial charge < -0.3 is 27.1 Å². The lowest BCUT2D eigenvalue weighted by molar-refractivity contribution is -0.133. The molecular formula is C20H27N5O5. The third kappa shape index (κ3) is 9.09. The van der Waals surface area contributed by atoms with Crippen LogP contribution in [0.15, 0.2) is 24.3 Å². The zero-order valence-corrected chi connectivity index (χ0v) is 17.0. The molecule has 0 unspecified atom stereocenters. The van der Waals surface area contributed by atoms with Gasteiger partial charge in [0, 0.05) is 19.9 Å². The van der Waals surface area contributed by atoms with Crippen LogP contribution in [-0.4, -0.2) is 47.7 Å². The van der Waals surface area contributed by atoms with E-state index in [0.29, 0.717) is 6.21 Å². The molecule has 2 atom stereocenters. The number of carbonyl (C=O) groups is 5. The minimum atomic E-state index is -1.24. The van der Waals surface area contributed by atoms with Crippen LogP contribution >= 0.6 is 0 Å². The van der Waals surface area contributed by atoms with Gasteiger partial charge in [0.05, 0.1) is 12.6 Å². The second-order valence-electron chi connectivity index (χ2n) is 6.84. The molecule has 0 heterocycles. The highest BCUT2D eigenvalue weighted by Gasteiger charge is 2.27. The molecule has 0 aliphatic heterocycles. The Morgan fingerprint density at radius 2 is 1.67 bits per heavy atom. The molecule has 1 rings (SSSR count). The van der Waals surface area contributed by atoms with Gasteiger partial charge in [-0.15, -0.1) is 0 Å². The number of hydrogen-bond acceptors (Lipinski definition) is 6. The number of nitrogens with two attached hydrogens (primary N) is 1. The van der Waals surface area contributed by atoms with E-state index in [0.717, 1.165) is 11.1 Å². The van der Waals surface area contributed by atoms with Gasteiger partial charge in [0.15, 0.2) is 5.78 Å². The number of aryl methyl sites for hydroxylation is 1. The minimum Gasteiger partial charge on any atom is -0.370 e. The van der Waals surface area contributed by atoms with Gasteiger partial charge in [-0.25, -0.2) is 0 Å². The van der Waals surface area contributed by atoms with Crippen LogP contribution in [0.25, 0.3) is 0 Å². The summed E-state index contributed by atoms with van der Waals surface area (Å²) in [5.74, 6) is -3.17. The molecule has 0 bridgehead atoms. The van der Waals surface area contributed by atoms with Gasteiger partial charge in [0.1, 0.15) is 12.1 Å². The van der Waals surface area contributed by atoms with Crippen LogP contribution in [0.2, 0.25) is 0 Å². The summed E-state index contributed by atoms with van der Waals surface area (Å²) in [5, 5.41) is 14.4. The van der Waals surface area contributed by atoms with E-state index < -0.39 is 47.9 Å². The maximum absolute atomic E-state index is 12.6. The second-order valence-corrected chi connectivity index (χ2v) is 6.84. The van der Waals surface area contributed by atoms with Crippen LogP contribution in [0.5, 0.6) is 0 Å². The van der Waals surface area contributed by atoms with E-state index in [1.165, 1.54) is 6.92 Å². The SMILES string of the molecule is CC(=O)N[C@@H](CC(N)=O)C(=O)N[C@@H](CCC(=O)C=N)C(=O)NCc1ccc(C)cc1. The van der Waals surface area contributed by atoms with Crippen LogP contribution in [0, 0.1) is 12.3 Å². The number of amides is 4. The number of primary amides is 1. The van der Waals surface area contributed by atoms with E-state index in [1.807, 2.05) is 31.2 Å². The molecule has 4 amide bonds. The molecule has 1 aromatic carbocycles. The molecule has 0 aliphatic carbocycles. The minimum absolute atomic E-state index is 0.0525. The smallest absolute Gasteiger partial charge is 0.243 e. The molecule has 6 N–H and O–H groups in total. The van der Waals surface area contributed by atoms with Crippen molar-refractivity contribution in [3.8, 4) is 0 Å². The summed E-state index contributed by atoms with van der Waals surface area (Å²) in [7, 11) is 0. The van der Waals surface area contributed by atoms with Crippen LogP contribution in [-0.2, 0) is 30.5 Å². The van der Waals surface area contributed by atoms with Gasteiger partial charge in [-0.3, -0.25) is 24.0 Å². The molecule has 0 saturated heterocycles. The van der Waals surface area contributed by atoms with Crippen LogP contribution in [0.3, 0.4) is 0 Å². The maximum atomic E-state index is 12.6. The number of hydrogen-bond donors (Lipinski definition) is 5. The van der Waals surface area contributed by atoms with Crippen molar-refractivity contribution < 1.29 is 24.0 Å². The molecule has 10 heteroatoms. The lowest BCUT2D eigenvalue weighted by Crippen LogP contribution is -2.54. The summed E-state index contributed by atoms with van der Waals surface area (Å²) < 4.78 is 0. The zero-order chi connectivity index (χ0) is 22.7. The van der Waals surface area contributed by atoms with Crippen LogP contribution in [0.1, 0.15) is 37.3 Å². The highest BCUT2D eigenvalue weighted by atomic mass is 16.2. The van der Waals surface area contributed by atoms with E-state index in [-0.39, 0.29) is 19.4 Å². The Kier molecular flexibility index (Phi) is 9.87. The molecule has 1 aromatic rings. The number of ketones is 1. The predicted octanol–water partition coefficient (Wildman–Crippen LogP) is -0.525. The van der Waals surface area contributed by atoms with E-state index >= 15 is 0 Å². The number of rotatable bonds is 12. The first kappa shape index (κ1) is 24.5. The molecule has 10 nitrogen and oxygen atoms in total. The fourth-order valence-corrected chi connectivity index (χ4v) is 2.57. The summed E-state index contributed by atoms with van der Waals surface area (Å²) in [6.07, 6.45) is 0.00883. The summed E-state index contributed by atoms with van der Waals surface area (Å²) >= 11 is 0. The van der Waals surface area contributed by atoms with Crippen molar-refractivity contribution in [2.24, 2.45) is 5.73 Å². The summed E-state index contributed by atoms with van der Waals surface area (Å²) in [6, 6.07) is 5.14. The predicted molar refractivity (Wildman–Crippen MR) is 109 cm³/mol. The lowest BCUT2D eigenvalue weighted by Gasteiger charge is -2.22. The number of carbonyl (C=O) groups excluding carboxylic acids is 5. The third-order valence-corrected chi connectivity index (χ3v) is 4.16. The number of benzene rings is 1. The summed E-state index contributed by atoms with van der Waals surface area (Å²) in [4.78, 5) is 59.1. The Labute approximate surface area is 174 Å². The molecule has 0 radical (unpaired) electrons. The Morgan fingerprint density at radius 1 is 1.03 bits per heavy atom. The quantitative estimate of drug-likeness (QED) is 0.287. The van der Waals surface area contributed by atoms with E-state index in [9.17, 15) is 24.0 Å². The molecule has 0 saturated carbocycles. The molecule has 0 aliphatic rings. The highest BCUT2D eigenvalue weighted by Crippen LogP contribution is 2.05. The van der Waals surface area contributed by atoms with Gasteiger partial charge >= 0.3 is 0 Å². The first-order chi connectivity index (χ1) is 14.1. The largest absolute Gasteiger partial charge is 0.370 e. The van der Waals surface area contributed by atoms with Gasteiger partial charge in [-0.2, -0.15) is 0 Å². The average Bonchev–Trinajstić information content (AvgIpc) is 2.68. The van der Waals surface area contributed by atoms with Crippen molar-refractivity contribution >= 4 is 35.6 Å². The number of nitrogens with one attached hydrogen (secondary N) is 4. The van der Waals surface area contributed by atoms with Gasteiger partial charge in [-0.1, -0.05) is 29.8 Å². The van der Waals surface area contributed by atoms with Gasteiger partial charge in [0.25, 0.3) is 0 Å². The van der Waals surface area contributed by atoms with Gasteiger partial charge in [0.2, 0.25) is 23.6 Å². The summed E-state index contributed by atoms with van der Waals surface area (Å²) in [5.41, 5.74) is 7.03. The van der Waals surface area contributed by atoms with Crippen LogP contribution in [0.4, 0.5) is 0 Å². The maximum Gasteiger partial charge on any atom is 0.243 e. The van der Waals surface area contributed by atoms with Crippen molar-refractivity contribution in [2.45, 2.75) is 51.7 Å². The average molecular weight is 417 g/mol. The first-order valence-corrected chi connectivity index (χ1v) is 9.34. The third-order valence-electron chi connectivity index (χ3n) is 4.16. The molecule has 30 heavy (non-hydrogen) atoms. The molecular weight excluding hydrogens is 390 g/mol. The molecule has 0 aromatic heterocycles. The number of Topliss-reactive ketones (excluding diaryl/α,β-unsaturated/α-hetero) is 1. The van der Waals surface area contributed by atoms with Gasteiger partial charge in [-0.05, 0) is 18.9 Å². The standard InChI is InChI=1S/C20H27N5O5/c1-12-3-5-14(6-4-12)11-23-19(29)16(8-7-15(27)10-21)25-20(30)17(9-18(22)28)24-13(2)26/h3-6,10,16-17,21H,7-9,11H2,1-2H3,(H2,22,28)(H,23,29)(H,24,26)(H,25,30)/t16-,17-/m0/s1. The second kappa shape index (κ2) is 12.1. The van der Waals surface area contributed by atoms with E-state index in [1.54, 1.807) is 0 Å². The Hall–Kier alpha value is -3.56. The highest BCUT2D eigenvalue weighted by molar-refractivity contribution is 6.26. The topological polar surface area (TPSA) is 171 Å². The first-order valence-electron chi connectivity index (χ1n) is 9.34. The Morgan fingerprint density at radius 3 is 2.20 bits per heavy atom. The monoisotopic (exact) mass is 417 g/mol. The molecule has 0 spiro atoms. The van der Waals surface area contributed by atoms with Crippen molar-refractivity contribution in [1.29, 1.82) is 5.41 Å².